The van der Waals surface area contributed by atoms with Crippen molar-refractivity contribution in [3.63, 3.8) is 0 Å². The molecule has 0 amide bonds. The van der Waals surface area contributed by atoms with E-state index in [0.717, 1.165) is 18.1 Å². The van der Waals surface area contributed by atoms with Crippen molar-refractivity contribution in [3.8, 4) is 5.75 Å². The molecular formula is C56H65OP. The molecule has 0 fully saturated rings. The first-order valence-electron chi connectivity index (χ1n) is 21.4. The molecule has 6 aromatic rings. The van der Waals surface area contributed by atoms with Gasteiger partial charge in [-0.3, -0.25) is 0 Å². The molecule has 0 saturated heterocycles. The lowest BCUT2D eigenvalue weighted by atomic mass is 9.64. The number of hydrogen-bond donors (Lipinski definition) is 0. The molecule has 2 unspecified atom stereocenters. The second kappa shape index (κ2) is 15.6. The summed E-state index contributed by atoms with van der Waals surface area (Å²) in [6.07, 6.45) is 1.88. The Bertz CT molecular complexity index is 2190. The summed E-state index contributed by atoms with van der Waals surface area (Å²) < 4.78 is 7.69. The van der Waals surface area contributed by atoms with Gasteiger partial charge in [0.2, 0.25) is 0 Å². The van der Waals surface area contributed by atoms with Gasteiger partial charge in [-0.1, -0.05) is 229 Å². The normalized spacial score (nSPS) is 16.4. The summed E-state index contributed by atoms with van der Waals surface area (Å²) >= 11 is 0. The molecule has 7 rings (SSSR count). The molecule has 0 spiro atoms. The van der Waals surface area contributed by atoms with Crippen LogP contribution in [0.1, 0.15) is 150 Å². The Kier molecular flexibility index (Phi) is 11.2. The van der Waals surface area contributed by atoms with Crippen molar-refractivity contribution >= 4 is 8.15 Å². The third-order valence-corrected chi connectivity index (χ3v) is 15.4. The van der Waals surface area contributed by atoms with Gasteiger partial charge in [-0.2, -0.15) is 0 Å². The van der Waals surface area contributed by atoms with E-state index in [1.54, 1.807) is 0 Å². The molecule has 0 aliphatic carbocycles. The van der Waals surface area contributed by atoms with E-state index in [-0.39, 0.29) is 33.0 Å². The lowest BCUT2D eigenvalue weighted by molar-refractivity contribution is 0.349. The highest BCUT2D eigenvalue weighted by atomic mass is 31.1. The van der Waals surface area contributed by atoms with Crippen molar-refractivity contribution in [2.24, 2.45) is 5.41 Å². The fourth-order valence-electron chi connectivity index (χ4n) is 9.52. The minimum Gasteiger partial charge on any atom is -0.473 e. The number of fused-ring (bicyclic) bond motifs is 2. The Morgan fingerprint density at radius 2 is 0.810 bits per heavy atom. The smallest absolute Gasteiger partial charge is 0.131 e. The van der Waals surface area contributed by atoms with E-state index in [1.807, 2.05) is 0 Å². The van der Waals surface area contributed by atoms with E-state index in [4.69, 9.17) is 4.52 Å². The molecule has 2 atom stereocenters. The third-order valence-electron chi connectivity index (χ3n) is 13.6. The Morgan fingerprint density at radius 3 is 1.21 bits per heavy atom. The van der Waals surface area contributed by atoms with Gasteiger partial charge in [-0.15, -0.1) is 0 Å². The van der Waals surface area contributed by atoms with E-state index in [9.17, 15) is 0 Å². The molecule has 58 heavy (non-hydrogen) atoms. The van der Waals surface area contributed by atoms with Crippen LogP contribution in [0.25, 0.3) is 0 Å². The van der Waals surface area contributed by atoms with Gasteiger partial charge in [-0.05, 0) is 55.5 Å². The molecule has 1 heterocycles. The van der Waals surface area contributed by atoms with Gasteiger partial charge in [0, 0.05) is 51.0 Å². The van der Waals surface area contributed by atoms with Gasteiger partial charge in [0.05, 0.1) is 8.15 Å². The van der Waals surface area contributed by atoms with Gasteiger partial charge in [0.25, 0.3) is 0 Å². The van der Waals surface area contributed by atoms with Crippen LogP contribution < -0.4 is 4.52 Å². The van der Waals surface area contributed by atoms with E-state index in [2.05, 4.69) is 229 Å². The summed E-state index contributed by atoms with van der Waals surface area (Å²) in [5.74, 6) is 1.15. The molecule has 300 valence electrons. The molecule has 2 heteroatoms. The standard InChI is InChI=1S/C56H65OP/c1-13-58-38-47-45(34-43(53(5,6)39-26-18-14-19-27-39)36-48(47)55(9,10)41-30-22-16-23-31-41)50(52(2,3)4)46-35-44(54(7,8)40-28-20-15-21-29-40)37-49(51(46)57-58)56(11,12)42-32-24-17-25-33-42/h14-37,50H,13,38H2,1-12H3. The van der Waals surface area contributed by atoms with Gasteiger partial charge in [0.15, 0.2) is 0 Å². The van der Waals surface area contributed by atoms with Crippen LogP contribution in [0.3, 0.4) is 0 Å². The lowest BCUT2D eigenvalue weighted by Gasteiger charge is -2.43. The number of benzene rings is 6. The average Bonchev–Trinajstić information content (AvgIpc) is 3.21. The Labute approximate surface area is 352 Å². The minimum atomic E-state index is -0.869. The largest absolute Gasteiger partial charge is 0.473 e. The lowest BCUT2D eigenvalue weighted by Crippen LogP contribution is -2.31. The van der Waals surface area contributed by atoms with E-state index < -0.39 is 8.15 Å². The van der Waals surface area contributed by atoms with Crippen LogP contribution in [0.15, 0.2) is 146 Å². The summed E-state index contributed by atoms with van der Waals surface area (Å²) in [6.45, 7) is 29.0. The maximum absolute atomic E-state index is 7.69. The molecule has 0 saturated carbocycles. The van der Waals surface area contributed by atoms with Gasteiger partial charge >= 0.3 is 0 Å². The zero-order chi connectivity index (χ0) is 41.7. The SMILES string of the molecule is CCP1Cc2c(cc(C(C)(C)c3ccccc3)cc2C(C)(C)c2ccccc2)C(C(C)(C)C)c2cc(C(C)(C)c3ccccc3)cc(C(C)(C)c3ccccc3)c2O1. The maximum Gasteiger partial charge on any atom is 0.131 e. The van der Waals surface area contributed by atoms with Crippen molar-refractivity contribution in [1.29, 1.82) is 0 Å². The third kappa shape index (κ3) is 7.61. The Morgan fingerprint density at radius 1 is 0.448 bits per heavy atom. The predicted octanol–water partition coefficient (Wildman–Crippen LogP) is 15.5. The highest BCUT2D eigenvalue weighted by molar-refractivity contribution is 7.52. The molecule has 0 N–H and O–H groups in total. The monoisotopic (exact) mass is 784 g/mol. The van der Waals surface area contributed by atoms with Crippen LogP contribution in [-0.4, -0.2) is 6.16 Å². The topological polar surface area (TPSA) is 9.23 Å². The summed E-state index contributed by atoms with van der Waals surface area (Å²) in [7, 11) is -0.869. The average molecular weight is 785 g/mol. The van der Waals surface area contributed by atoms with Crippen molar-refractivity contribution in [2.75, 3.05) is 6.16 Å². The fourth-order valence-corrected chi connectivity index (χ4v) is 11.1. The highest BCUT2D eigenvalue weighted by Gasteiger charge is 2.43. The maximum atomic E-state index is 7.69. The zero-order valence-corrected chi connectivity index (χ0v) is 38.1. The van der Waals surface area contributed by atoms with Crippen molar-refractivity contribution in [3.05, 3.63) is 207 Å². The summed E-state index contributed by atoms with van der Waals surface area (Å²) in [5.41, 5.74) is 13.7. The minimum absolute atomic E-state index is 0.0557. The molecule has 0 radical (unpaired) electrons. The predicted molar refractivity (Wildman–Crippen MR) is 250 cm³/mol. The molecule has 6 aromatic carbocycles. The molecule has 1 aliphatic rings. The van der Waals surface area contributed by atoms with Crippen LogP contribution in [0, 0.1) is 5.41 Å². The number of rotatable bonds is 9. The first-order chi connectivity index (χ1) is 27.4. The second-order valence-corrected chi connectivity index (χ2v) is 21.9. The van der Waals surface area contributed by atoms with Crippen LogP contribution in [0.5, 0.6) is 5.75 Å². The first-order valence-corrected chi connectivity index (χ1v) is 23.0. The van der Waals surface area contributed by atoms with Gasteiger partial charge in [-0.25, -0.2) is 0 Å². The molecule has 0 aromatic heterocycles. The zero-order valence-electron chi connectivity index (χ0n) is 37.2. The first kappa shape index (κ1) is 41.7. The quantitative estimate of drug-likeness (QED) is 0.133. The molecule has 0 bridgehead atoms. The fraction of sp³-hybridized carbons (Fsp3) is 0.357. The Balaban J connectivity index is 1.63. The summed E-state index contributed by atoms with van der Waals surface area (Å²) in [5, 5.41) is 0. The summed E-state index contributed by atoms with van der Waals surface area (Å²) in [4.78, 5) is 0. The summed E-state index contributed by atoms with van der Waals surface area (Å²) in [6, 6.07) is 54.6. The van der Waals surface area contributed by atoms with Crippen molar-refractivity contribution < 1.29 is 4.52 Å². The van der Waals surface area contributed by atoms with E-state index in [0.29, 0.717) is 0 Å². The van der Waals surface area contributed by atoms with E-state index in [1.165, 1.54) is 61.2 Å². The second-order valence-electron chi connectivity index (χ2n) is 19.8. The van der Waals surface area contributed by atoms with Gasteiger partial charge < -0.3 is 4.52 Å². The van der Waals surface area contributed by atoms with Crippen LogP contribution in [-0.2, 0) is 27.8 Å². The van der Waals surface area contributed by atoms with E-state index >= 15 is 0 Å². The molecule has 1 aliphatic heterocycles. The van der Waals surface area contributed by atoms with Crippen LogP contribution in [0.2, 0.25) is 0 Å². The van der Waals surface area contributed by atoms with Gasteiger partial charge in [0.1, 0.15) is 5.75 Å². The van der Waals surface area contributed by atoms with Crippen molar-refractivity contribution in [1.82, 2.24) is 0 Å². The van der Waals surface area contributed by atoms with Crippen molar-refractivity contribution in [2.45, 2.75) is 117 Å². The molecule has 1 nitrogen and oxygen atoms in total. The van der Waals surface area contributed by atoms with Crippen LogP contribution in [0.4, 0.5) is 0 Å². The van der Waals surface area contributed by atoms with Crippen LogP contribution >= 0.6 is 8.15 Å². The number of hydrogen-bond acceptors (Lipinski definition) is 1. The molecular weight excluding hydrogens is 720 g/mol. The highest BCUT2D eigenvalue weighted by Crippen LogP contribution is 2.59. The Hall–Kier alpha value is -4.45.